The molecule has 1 rings (SSSR count). The van der Waals surface area contributed by atoms with Gasteiger partial charge in [0.05, 0.1) is 5.92 Å². The molecule has 3 heteroatoms. The Labute approximate surface area is 72.4 Å². The first-order chi connectivity index (χ1) is 5.11. The highest BCUT2D eigenvalue weighted by molar-refractivity contribution is 7.81. The lowest BCUT2D eigenvalue weighted by molar-refractivity contribution is -0.142. The van der Waals surface area contributed by atoms with Gasteiger partial charge in [0.15, 0.2) is 0 Å². The highest BCUT2D eigenvalue weighted by Crippen LogP contribution is 2.32. The van der Waals surface area contributed by atoms with Crippen molar-refractivity contribution >= 4 is 18.6 Å². The number of carboxylic acids is 1. The van der Waals surface area contributed by atoms with Crippen LogP contribution in [0.2, 0.25) is 0 Å². The van der Waals surface area contributed by atoms with E-state index in [1.807, 2.05) is 0 Å². The molecule has 0 aromatic carbocycles. The molecule has 0 aliphatic heterocycles. The molecule has 2 nitrogen and oxygen atoms in total. The van der Waals surface area contributed by atoms with E-state index in [1.54, 1.807) is 0 Å². The minimum atomic E-state index is -0.683. The first-order valence-electron chi connectivity index (χ1n) is 4.02. The van der Waals surface area contributed by atoms with Crippen LogP contribution in [0, 0.1) is 11.8 Å². The minimum Gasteiger partial charge on any atom is -0.481 e. The standard InChI is InChI=1S/C8H14O2S/c1-5-2-3-6(8(9)10)7(11)4-5/h5-7,11H,2-4H2,1H3,(H,9,10). The van der Waals surface area contributed by atoms with Crippen molar-refractivity contribution < 1.29 is 9.90 Å². The molecule has 0 bridgehead atoms. The number of aliphatic carboxylic acids is 1. The van der Waals surface area contributed by atoms with Crippen molar-refractivity contribution in [1.29, 1.82) is 0 Å². The average molecular weight is 174 g/mol. The highest BCUT2D eigenvalue weighted by Gasteiger charge is 2.30. The smallest absolute Gasteiger partial charge is 0.307 e. The molecule has 1 saturated carbocycles. The Hall–Kier alpha value is -0.180. The third-order valence-electron chi connectivity index (χ3n) is 2.40. The fourth-order valence-corrected chi connectivity index (χ4v) is 2.28. The van der Waals surface area contributed by atoms with Crippen LogP contribution < -0.4 is 0 Å². The predicted molar refractivity (Wildman–Crippen MR) is 46.9 cm³/mol. The summed E-state index contributed by atoms with van der Waals surface area (Å²) in [7, 11) is 0. The van der Waals surface area contributed by atoms with Gasteiger partial charge in [0.1, 0.15) is 0 Å². The number of rotatable bonds is 1. The van der Waals surface area contributed by atoms with Gasteiger partial charge in [0, 0.05) is 5.25 Å². The maximum Gasteiger partial charge on any atom is 0.307 e. The Bertz CT molecular complexity index is 158. The predicted octanol–water partition coefficient (Wildman–Crippen LogP) is 1.81. The Morgan fingerprint density at radius 2 is 2.18 bits per heavy atom. The van der Waals surface area contributed by atoms with Crippen molar-refractivity contribution in [2.24, 2.45) is 11.8 Å². The summed E-state index contributed by atoms with van der Waals surface area (Å²) in [5.41, 5.74) is 0. The number of hydrogen-bond acceptors (Lipinski definition) is 2. The largest absolute Gasteiger partial charge is 0.481 e. The van der Waals surface area contributed by atoms with Crippen LogP contribution in [-0.2, 0) is 4.79 Å². The van der Waals surface area contributed by atoms with Gasteiger partial charge in [-0.05, 0) is 25.2 Å². The van der Waals surface area contributed by atoms with E-state index in [0.717, 1.165) is 19.3 Å². The van der Waals surface area contributed by atoms with E-state index < -0.39 is 5.97 Å². The van der Waals surface area contributed by atoms with Gasteiger partial charge in [-0.1, -0.05) is 6.92 Å². The molecule has 3 atom stereocenters. The second-order valence-electron chi connectivity index (χ2n) is 3.43. The highest BCUT2D eigenvalue weighted by atomic mass is 32.1. The van der Waals surface area contributed by atoms with E-state index in [2.05, 4.69) is 19.6 Å². The molecule has 0 aromatic rings. The van der Waals surface area contributed by atoms with Crippen molar-refractivity contribution in [3.05, 3.63) is 0 Å². The lowest BCUT2D eigenvalue weighted by Crippen LogP contribution is -2.30. The summed E-state index contributed by atoms with van der Waals surface area (Å²) in [5, 5.41) is 8.81. The number of carbonyl (C=O) groups is 1. The van der Waals surface area contributed by atoms with Gasteiger partial charge < -0.3 is 5.11 Å². The van der Waals surface area contributed by atoms with Crippen LogP contribution in [0.3, 0.4) is 0 Å². The average Bonchev–Trinajstić information content (AvgIpc) is 1.85. The van der Waals surface area contributed by atoms with Gasteiger partial charge in [0.25, 0.3) is 0 Å². The Morgan fingerprint density at radius 1 is 1.55 bits per heavy atom. The third-order valence-corrected chi connectivity index (χ3v) is 2.97. The summed E-state index contributed by atoms with van der Waals surface area (Å²) in [5.74, 6) is -0.250. The molecule has 0 radical (unpaired) electrons. The molecule has 1 fully saturated rings. The zero-order valence-electron chi connectivity index (χ0n) is 6.66. The van der Waals surface area contributed by atoms with Gasteiger partial charge in [-0.2, -0.15) is 12.6 Å². The van der Waals surface area contributed by atoms with E-state index in [4.69, 9.17) is 5.11 Å². The zero-order valence-corrected chi connectivity index (χ0v) is 7.55. The van der Waals surface area contributed by atoms with E-state index in [1.165, 1.54) is 0 Å². The summed E-state index contributed by atoms with van der Waals surface area (Å²) in [4.78, 5) is 10.6. The normalized spacial score (nSPS) is 38.5. The van der Waals surface area contributed by atoms with Crippen molar-refractivity contribution in [3.8, 4) is 0 Å². The van der Waals surface area contributed by atoms with Gasteiger partial charge in [0.2, 0.25) is 0 Å². The van der Waals surface area contributed by atoms with Crippen LogP contribution in [0.15, 0.2) is 0 Å². The SMILES string of the molecule is CC1CCC(C(=O)O)C(S)C1. The summed E-state index contributed by atoms with van der Waals surface area (Å²) < 4.78 is 0. The first-order valence-corrected chi connectivity index (χ1v) is 4.53. The quantitative estimate of drug-likeness (QED) is 0.595. The minimum absolute atomic E-state index is 0.0660. The molecule has 1 aliphatic rings. The monoisotopic (exact) mass is 174 g/mol. The van der Waals surface area contributed by atoms with Gasteiger partial charge in [-0.25, -0.2) is 0 Å². The third kappa shape index (κ3) is 2.12. The lowest BCUT2D eigenvalue weighted by Gasteiger charge is -2.28. The maximum absolute atomic E-state index is 10.6. The summed E-state index contributed by atoms with van der Waals surface area (Å²) in [6, 6.07) is 0. The van der Waals surface area contributed by atoms with E-state index >= 15 is 0 Å². The second-order valence-corrected chi connectivity index (χ2v) is 4.09. The van der Waals surface area contributed by atoms with Crippen molar-refractivity contribution in [2.45, 2.75) is 31.4 Å². The molecular weight excluding hydrogens is 160 g/mol. The Balaban J connectivity index is 2.50. The lowest BCUT2D eigenvalue weighted by atomic mass is 9.82. The van der Waals surface area contributed by atoms with Crippen molar-refractivity contribution in [3.63, 3.8) is 0 Å². The fraction of sp³-hybridized carbons (Fsp3) is 0.875. The topological polar surface area (TPSA) is 37.3 Å². The van der Waals surface area contributed by atoms with Gasteiger partial charge in [-0.15, -0.1) is 0 Å². The van der Waals surface area contributed by atoms with Crippen LogP contribution in [0.1, 0.15) is 26.2 Å². The zero-order chi connectivity index (χ0) is 8.43. The molecule has 0 heterocycles. The summed E-state index contributed by atoms with van der Waals surface area (Å²) >= 11 is 4.27. The van der Waals surface area contributed by atoms with E-state index in [-0.39, 0.29) is 11.2 Å². The fourth-order valence-electron chi connectivity index (χ4n) is 1.64. The van der Waals surface area contributed by atoms with Crippen LogP contribution in [0.4, 0.5) is 0 Å². The van der Waals surface area contributed by atoms with Crippen LogP contribution in [0.25, 0.3) is 0 Å². The van der Waals surface area contributed by atoms with Gasteiger partial charge >= 0.3 is 5.97 Å². The molecule has 3 unspecified atom stereocenters. The second kappa shape index (κ2) is 3.48. The molecule has 64 valence electrons. The molecule has 0 spiro atoms. The van der Waals surface area contributed by atoms with Gasteiger partial charge in [-0.3, -0.25) is 4.79 Å². The van der Waals surface area contributed by atoms with Crippen molar-refractivity contribution in [1.82, 2.24) is 0 Å². The van der Waals surface area contributed by atoms with E-state index in [9.17, 15) is 4.79 Å². The molecular formula is C8H14O2S. The molecule has 1 N–H and O–H groups in total. The summed E-state index contributed by atoms with van der Waals surface area (Å²) in [6.07, 6.45) is 2.78. The van der Waals surface area contributed by atoms with Crippen LogP contribution >= 0.6 is 12.6 Å². The number of carboxylic acid groups (broad SMARTS) is 1. The Morgan fingerprint density at radius 3 is 2.64 bits per heavy atom. The molecule has 11 heavy (non-hydrogen) atoms. The molecule has 1 aliphatic carbocycles. The maximum atomic E-state index is 10.6. The van der Waals surface area contributed by atoms with Crippen LogP contribution in [-0.4, -0.2) is 16.3 Å². The van der Waals surface area contributed by atoms with E-state index in [0.29, 0.717) is 5.92 Å². The number of thiol groups is 1. The van der Waals surface area contributed by atoms with Crippen LogP contribution in [0.5, 0.6) is 0 Å². The van der Waals surface area contributed by atoms with Crippen molar-refractivity contribution in [2.75, 3.05) is 0 Å². The summed E-state index contributed by atoms with van der Waals surface area (Å²) in [6.45, 7) is 2.15. The molecule has 0 aromatic heterocycles. The molecule has 0 saturated heterocycles. The Kier molecular flexibility index (Phi) is 2.82. The number of hydrogen-bond donors (Lipinski definition) is 2. The first kappa shape index (κ1) is 8.91. The molecule has 0 amide bonds.